The first-order valence-electron chi connectivity index (χ1n) is 7.52. The fraction of sp³-hybridized carbons (Fsp3) is 0.412. The molecule has 1 N–H and O–H groups in total. The Bertz CT molecular complexity index is 668. The van der Waals surface area contributed by atoms with Crippen molar-refractivity contribution < 1.29 is 4.79 Å². The van der Waals surface area contributed by atoms with Gasteiger partial charge in [-0.15, -0.1) is 0 Å². The topological polar surface area (TPSA) is 45.2 Å². The maximum Gasteiger partial charge on any atom is 0.256 e. The molecule has 2 heterocycles. The van der Waals surface area contributed by atoms with Crippen LogP contribution in [0.3, 0.4) is 0 Å². The van der Waals surface area contributed by atoms with Gasteiger partial charge in [0.05, 0.1) is 11.1 Å². The van der Waals surface area contributed by atoms with Crippen LogP contribution in [0.5, 0.6) is 0 Å². The van der Waals surface area contributed by atoms with Crippen LogP contribution in [0.25, 0.3) is 10.9 Å². The van der Waals surface area contributed by atoms with Crippen LogP contribution in [0.4, 0.5) is 0 Å². The number of fused-ring (bicyclic) bond motifs is 1. The van der Waals surface area contributed by atoms with Gasteiger partial charge in [0.1, 0.15) is 0 Å². The monoisotopic (exact) mass is 283 g/mol. The number of likely N-dealkylation sites (N-methyl/N-ethyl adjacent to an activating group) is 1. The van der Waals surface area contributed by atoms with E-state index in [1.165, 1.54) is 0 Å². The highest BCUT2D eigenvalue weighted by atomic mass is 16.2. The van der Waals surface area contributed by atoms with E-state index in [9.17, 15) is 4.79 Å². The Morgan fingerprint density at radius 2 is 2.24 bits per heavy atom. The summed E-state index contributed by atoms with van der Waals surface area (Å²) in [6.07, 6.45) is 2.15. The third-order valence-electron chi connectivity index (χ3n) is 4.17. The molecule has 0 bridgehead atoms. The van der Waals surface area contributed by atoms with E-state index in [-0.39, 0.29) is 5.91 Å². The number of likely N-dealkylation sites (tertiary alicyclic amines) is 1. The molecular weight excluding hydrogens is 262 g/mol. The Hall–Kier alpha value is -1.94. The molecule has 1 aliphatic rings. The quantitative estimate of drug-likeness (QED) is 0.940. The van der Waals surface area contributed by atoms with Crippen LogP contribution in [0.1, 0.15) is 28.9 Å². The Morgan fingerprint density at radius 3 is 3.05 bits per heavy atom. The number of amides is 1. The van der Waals surface area contributed by atoms with Crippen molar-refractivity contribution >= 4 is 16.8 Å². The van der Waals surface area contributed by atoms with Crippen molar-refractivity contribution in [2.24, 2.45) is 0 Å². The number of carbonyl (C=O) groups is 1. The number of benzene rings is 1. The lowest BCUT2D eigenvalue weighted by molar-refractivity contribution is 0.0739. The lowest BCUT2D eigenvalue weighted by atomic mass is 10.1. The second kappa shape index (κ2) is 5.82. The number of aryl methyl sites for hydroxylation is 1. The van der Waals surface area contributed by atoms with E-state index in [1.807, 2.05) is 49.2 Å². The maximum absolute atomic E-state index is 12.9. The minimum atomic E-state index is 0.108. The molecule has 1 saturated heterocycles. The number of pyridine rings is 1. The normalized spacial score (nSPS) is 18.4. The average Bonchev–Trinajstić information content (AvgIpc) is 2.94. The SMILES string of the molecule is CNC[C@@H]1CCCN1C(=O)c1cccc2ccc(C)nc12. The number of hydrogen-bond donors (Lipinski definition) is 1. The van der Waals surface area contributed by atoms with E-state index < -0.39 is 0 Å². The van der Waals surface area contributed by atoms with Crippen molar-refractivity contribution in [1.29, 1.82) is 0 Å². The second-order valence-corrected chi connectivity index (χ2v) is 5.68. The van der Waals surface area contributed by atoms with Crippen molar-refractivity contribution in [3.8, 4) is 0 Å². The van der Waals surface area contributed by atoms with E-state index in [2.05, 4.69) is 10.3 Å². The Morgan fingerprint density at radius 1 is 1.38 bits per heavy atom. The molecule has 1 fully saturated rings. The minimum Gasteiger partial charge on any atom is -0.334 e. The fourth-order valence-electron chi connectivity index (χ4n) is 3.12. The summed E-state index contributed by atoms with van der Waals surface area (Å²) in [6, 6.07) is 10.2. The van der Waals surface area contributed by atoms with Gasteiger partial charge in [-0.2, -0.15) is 0 Å². The summed E-state index contributed by atoms with van der Waals surface area (Å²) >= 11 is 0. The average molecular weight is 283 g/mol. The standard InChI is InChI=1S/C17H21N3O/c1-12-8-9-13-5-3-7-15(16(13)19-12)17(21)20-10-4-6-14(20)11-18-2/h3,5,7-9,14,18H,4,6,10-11H2,1-2H3/t14-/m0/s1. The second-order valence-electron chi connectivity index (χ2n) is 5.68. The van der Waals surface area contributed by atoms with Crippen molar-refractivity contribution in [1.82, 2.24) is 15.2 Å². The zero-order chi connectivity index (χ0) is 14.8. The number of aromatic nitrogens is 1. The summed E-state index contributed by atoms with van der Waals surface area (Å²) in [5.74, 6) is 0.108. The van der Waals surface area contributed by atoms with Gasteiger partial charge in [-0.1, -0.05) is 18.2 Å². The Balaban J connectivity index is 1.99. The van der Waals surface area contributed by atoms with Crippen LogP contribution >= 0.6 is 0 Å². The molecule has 1 aromatic carbocycles. The zero-order valence-corrected chi connectivity index (χ0v) is 12.6. The predicted octanol–water partition coefficient (Wildman–Crippen LogP) is 2.37. The molecule has 1 aromatic heterocycles. The number of nitrogens with zero attached hydrogens (tertiary/aromatic N) is 2. The molecular formula is C17H21N3O. The maximum atomic E-state index is 12.9. The van der Waals surface area contributed by atoms with Crippen molar-refractivity contribution in [3.63, 3.8) is 0 Å². The van der Waals surface area contributed by atoms with Gasteiger partial charge >= 0.3 is 0 Å². The molecule has 1 atom stereocenters. The van der Waals surface area contributed by atoms with Crippen LogP contribution < -0.4 is 5.32 Å². The molecule has 1 aliphatic heterocycles. The van der Waals surface area contributed by atoms with Gasteiger partial charge in [-0.05, 0) is 38.9 Å². The highest BCUT2D eigenvalue weighted by Crippen LogP contribution is 2.23. The van der Waals surface area contributed by atoms with Crippen molar-refractivity contribution in [2.45, 2.75) is 25.8 Å². The van der Waals surface area contributed by atoms with Gasteiger partial charge in [-0.3, -0.25) is 9.78 Å². The van der Waals surface area contributed by atoms with Crippen LogP contribution in [-0.2, 0) is 0 Å². The summed E-state index contributed by atoms with van der Waals surface area (Å²) in [7, 11) is 1.93. The smallest absolute Gasteiger partial charge is 0.256 e. The highest BCUT2D eigenvalue weighted by Gasteiger charge is 2.29. The van der Waals surface area contributed by atoms with Crippen LogP contribution in [-0.4, -0.2) is 42.0 Å². The molecule has 0 aliphatic carbocycles. The summed E-state index contributed by atoms with van der Waals surface area (Å²) in [5.41, 5.74) is 2.48. The number of para-hydroxylation sites is 1. The van der Waals surface area contributed by atoms with E-state index in [0.717, 1.165) is 48.1 Å². The van der Waals surface area contributed by atoms with Crippen molar-refractivity contribution in [3.05, 3.63) is 41.6 Å². The highest BCUT2D eigenvalue weighted by molar-refractivity contribution is 6.05. The molecule has 2 aromatic rings. The number of hydrogen-bond acceptors (Lipinski definition) is 3. The predicted molar refractivity (Wildman–Crippen MR) is 84.5 cm³/mol. The van der Waals surface area contributed by atoms with Gasteiger partial charge < -0.3 is 10.2 Å². The summed E-state index contributed by atoms with van der Waals surface area (Å²) in [5, 5.41) is 4.21. The molecule has 4 heteroatoms. The third kappa shape index (κ3) is 2.63. The molecule has 1 amide bonds. The van der Waals surface area contributed by atoms with E-state index in [4.69, 9.17) is 0 Å². The molecule has 0 spiro atoms. The van der Waals surface area contributed by atoms with Gasteiger partial charge in [0.15, 0.2) is 0 Å². The van der Waals surface area contributed by atoms with Gasteiger partial charge in [0.25, 0.3) is 5.91 Å². The lowest BCUT2D eigenvalue weighted by Crippen LogP contribution is -2.40. The number of rotatable bonds is 3. The summed E-state index contributed by atoms with van der Waals surface area (Å²) in [6.45, 7) is 3.65. The van der Waals surface area contributed by atoms with E-state index in [0.29, 0.717) is 6.04 Å². The van der Waals surface area contributed by atoms with Gasteiger partial charge in [0, 0.05) is 30.2 Å². The molecule has 3 rings (SSSR count). The molecule has 0 saturated carbocycles. The number of nitrogens with one attached hydrogen (secondary N) is 1. The first-order chi connectivity index (χ1) is 10.2. The van der Waals surface area contributed by atoms with Crippen LogP contribution in [0, 0.1) is 6.92 Å². The number of carbonyl (C=O) groups excluding carboxylic acids is 1. The van der Waals surface area contributed by atoms with Gasteiger partial charge in [-0.25, -0.2) is 0 Å². The Kier molecular flexibility index (Phi) is 3.88. The summed E-state index contributed by atoms with van der Waals surface area (Å²) < 4.78 is 0. The first kappa shape index (κ1) is 14.0. The largest absolute Gasteiger partial charge is 0.334 e. The lowest BCUT2D eigenvalue weighted by Gasteiger charge is -2.25. The van der Waals surface area contributed by atoms with E-state index >= 15 is 0 Å². The van der Waals surface area contributed by atoms with Crippen LogP contribution in [0.2, 0.25) is 0 Å². The minimum absolute atomic E-state index is 0.108. The molecule has 4 nitrogen and oxygen atoms in total. The van der Waals surface area contributed by atoms with E-state index in [1.54, 1.807) is 0 Å². The van der Waals surface area contributed by atoms with Crippen molar-refractivity contribution in [2.75, 3.05) is 20.1 Å². The zero-order valence-electron chi connectivity index (χ0n) is 12.6. The van der Waals surface area contributed by atoms with Crippen LogP contribution in [0.15, 0.2) is 30.3 Å². The molecule has 0 unspecified atom stereocenters. The molecule has 21 heavy (non-hydrogen) atoms. The third-order valence-corrected chi connectivity index (χ3v) is 4.17. The first-order valence-corrected chi connectivity index (χ1v) is 7.52. The molecule has 110 valence electrons. The fourth-order valence-corrected chi connectivity index (χ4v) is 3.12. The summed E-state index contributed by atoms with van der Waals surface area (Å²) in [4.78, 5) is 19.5. The van der Waals surface area contributed by atoms with Gasteiger partial charge in [0.2, 0.25) is 0 Å². The molecule has 0 radical (unpaired) electrons. The Labute approximate surface area is 125 Å².